The molecule has 136 valence electrons. The van der Waals surface area contributed by atoms with Gasteiger partial charge in [0.1, 0.15) is 0 Å². The van der Waals surface area contributed by atoms with Crippen molar-refractivity contribution in [3.05, 3.63) is 70.2 Å². The summed E-state index contributed by atoms with van der Waals surface area (Å²) in [6.45, 7) is 7.81. The molecule has 1 fully saturated rings. The van der Waals surface area contributed by atoms with Crippen molar-refractivity contribution >= 4 is 23.2 Å². The van der Waals surface area contributed by atoms with Gasteiger partial charge in [-0.15, -0.1) is 0 Å². The summed E-state index contributed by atoms with van der Waals surface area (Å²) in [7, 11) is 0. The zero-order valence-electron chi connectivity index (χ0n) is 15.2. The lowest BCUT2D eigenvalue weighted by Gasteiger charge is -2.26. The molecule has 3 unspecified atom stereocenters. The van der Waals surface area contributed by atoms with E-state index in [1.165, 1.54) is 5.56 Å². The van der Waals surface area contributed by atoms with E-state index >= 15 is 0 Å². The number of nitrogens with one attached hydrogen (secondary N) is 1. The molecule has 2 aromatic carbocycles. The number of rotatable bonds is 2. The average molecular weight is 379 g/mol. The van der Waals surface area contributed by atoms with E-state index in [-0.39, 0.29) is 12.1 Å². The van der Waals surface area contributed by atoms with E-state index < -0.39 is 0 Å². The van der Waals surface area contributed by atoms with Crippen LogP contribution in [-0.4, -0.2) is 12.6 Å². The maximum Gasteiger partial charge on any atom is 0.0477 e. The summed E-state index contributed by atoms with van der Waals surface area (Å²) in [6, 6.07) is 17.8. The zero-order valence-corrected chi connectivity index (χ0v) is 16.7. The number of halogens is 2. The number of benzene rings is 2. The van der Waals surface area contributed by atoms with E-state index in [1.54, 1.807) is 0 Å². The molecule has 0 radical (unpaired) electrons. The summed E-state index contributed by atoms with van der Waals surface area (Å²) in [6.07, 6.45) is 1.15. The molecule has 0 bridgehead atoms. The lowest BCUT2D eigenvalue weighted by atomic mass is 9.81. The summed E-state index contributed by atoms with van der Waals surface area (Å²) in [5, 5.41) is 5.11. The molecule has 4 heteroatoms. The maximum absolute atomic E-state index is 6.41. The lowest BCUT2D eigenvalue weighted by Crippen LogP contribution is -2.34. The highest BCUT2D eigenvalue weighted by molar-refractivity contribution is 6.30. The van der Waals surface area contributed by atoms with Gasteiger partial charge < -0.3 is 11.1 Å². The van der Waals surface area contributed by atoms with E-state index in [0.717, 1.165) is 23.0 Å². The molecular formula is C21H28Cl2N2. The summed E-state index contributed by atoms with van der Waals surface area (Å²) < 4.78 is 0. The molecule has 0 aliphatic carbocycles. The Morgan fingerprint density at radius 1 is 1.00 bits per heavy atom. The Hall–Kier alpha value is -1.06. The molecule has 2 aromatic rings. The fraction of sp³-hybridized carbons (Fsp3) is 0.429. The second-order valence-corrected chi connectivity index (χ2v) is 8.71. The van der Waals surface area contributed by atoms with Gasteiger partial charge >= 0.3 is 0 Å². The Kier molecular flexibility index (Phi) is 7.33. The Balaban J connectivity index is 0.000000269. The Morgan fingerprint density at radius 2 is 1.64 bits per heavy atom. The minimum absolute atomic E-state index is 0.169. The maximum atomic E-state index is 6.41. The van der Waals surface area contributed by atoms with Gasteiger partial charge in [-0.2, -0.15) is 0 Å². The quantitative estimate of drug-likeness (QED) is 0.702. The number of hydrogen-bond acceptors (Lipinski definition) is 2. The molecule has 2 nitrogen and oxygen atoms in total. The van der Waals surface area contributed by atoms with Gasteiger partial charge in [-0.1, -0.05) is 74.3 Å². The van der Waals surface area contributed by atoms with Crippen LogP contribution >= 0.6 is 23.2 Å². The topological polar surface area (TPSA) is 38.0 Å². The highest BCUT2D eigenvalue weighted by Crippen LogP contribution is 2.34. The Morgan fingerprint density at radius 3 is 2.16 bits per heavy atom. The SMILES string of the molecule is CC(C)(C)CC1CNC(c2cccc(Cl)c2)C1N.Clc1ccccc1. The van der Waals surface area contributed by atoms with Crippen LogP contribution in [0.4, 0.5) is 0 Å². The van der Waals surface area contributed by atoms with Crippen molar-refractivity contribution in [2.24, 2.45) is 17.1 Å². The highest BCUT2D eigenvalue weighted by Gasteiger charge is 2.35. The molecule has 0 amide bonds. The first-order valence-corrected chi connectivity index (χ1v) is 9.47. The van der Waals surface area contributed by atoms with Crippen LogP contribution in [0.5, 0.6) is 0 Å². The molecule has 0 aromatic heterocycles. The van der Waals surface area contributed by atoms with E-state index in [9.17, 15) is 0 Å². The van der Waals surface area contributed by atoms with Crippen molar-refractivity contribution in [1.29, 1.82) is 0 Å². The monoisotopic (exact) mass is 378 g/mol. The van der Waals surface area contributed by atoms with Gasteiger partial charge in [-0.05, 0) is 47.6 Å². The average Bonchev–Trinajstić information content (AvgIpc) is 2.88. The van der Waals surface area contributed by atoms with Gasteiger partial charge in [-0.25, -0.2) is 0 Å². The largest absolute Gasteiger partial charge is 0.326 e. The van der Waals surface area contributed by atoms with Crippen LogP contribution < -0.4 is 11.1 Å². The fourth-order valence-electron chi connectivity index (χ4n) is 3.27. The van der Waals surface area contributed by atoms with Crippen LogP contribution in [0.3, 0.4) is 0 Å². The van der Waals surface area contributed by atoms with Gasteiger partial charge in [0.15, 0.2) is 0 Å². The molecule has 0 saturated carbocycles. The van der Waals surface area contributed by atoms with Crippen molar-refractivity contribution in [3.8, 4) is 0 Å². The summed E-state index contributed by atoms with van der Waals surface area (Å²) in [4.78, 5) is 0. The summed E-state index contributed by atoms with van der Waals surface area (Å²) >= 11 is 11.6. The Bertz CT molecular complexity index is 652. The predicted octanol–water partition coefficient (Wildman–Crippen LogP) is 5.70. The smallest absolute Gasteiger partial charge is 0.0477 e. The first-order chi connectivity index (χ1) is 11.8. The third kappa shape index (κ3) is 6.63. The van der Waals surface area contributed by atoms with Crippen molar-refractivity contribution in [1.82, 2.24) is 5.32 Å². The molecule has 3 rings (SSSR count). The van der Waals surface area contributed by atoms with Gasteiger partial charge in [-0.3, -0.25) is 0 Å². The zero-order chi connectivity index (χ0) is 18.4. The van der Waals surface area contributed by atoms with E-state index in [0.29, 0.717) is 11.3 Å². The molecule has 1 aliphatic heterocycles. The first kappa shape index (κ1) is 20.3. The predicted molar refractivity (Wildman–Crippen MR) is 109 cm³/mol. The van der Waals surface area contributed by atoms with Crippen LogP contribution in [0.15, 0.2) is 54.6 Å². The van der Waals surface area contributed by atoms with Crippen molar-refractivity contribution < 1.29 is 0 Å². The lowest BCUT2D eigenvalue weighted by molar-refractivity contribution is 0.286. The Labute approximate surface area is 161 Å². The minimum Gasteiger partial charge on any atom is -0.326 e. The second kappa shape index (κ2) is 9.05. The van der Waals surface area contributed by atoms with E-state index in [2.05, 4.69) is 32.2 Å². The third-order valence-electron chi connectivity index (χ3n) is 4.34. The van der Waals surface area contributed by atoms with Crippen molar-refractivity contribution in [2.45, 2.75) is 39.3 Å². The third-order valence-corrected chi connectivity index (χ3v) is 4.83. The molecule has 0 spiro atoms. The molecule has 1 saturated heterocycles. The molecule has 1 aliphatic rings. The second-order valence-electron chi connectivity index (χ2n) is 7.84. The van der Waals surface area contributed by atoms with E-state index in [4.69, 9.17) is 28.9 Å². The van der Waals surface area contributed by atoms with Gasteiger partial charge in [0.05, 0.1) is 0 Å². The molecule has 1 heterocycles. The molecule has 3 atom stereocenters. The van der Waals surface area contributed by atoms with Crippen LogP contribution in [0.2, 0.25) is 10.0 Å². The summed E-state index contributed by atoms with van der Waals surface area (Å²) in [5.41, 5.74) is 7.93. The molecule has 25 heavy (non-hydrogen) atoms. The number of hydrogen-bond donors (Lipinski definition) is 2. The van der Waals surface area contributed by atoms with Crippen LogP contribution in [0, 0.1) is 11.3 Å². The fourth-order valence-corrected chi connectivity index (χ4v) is 3.62. The van der Waals surface area contributed by atoms with Crippen LogP contribution in [0.1, 0.15) is 38.8 Å². The van der Waals surface area contributed by atoms with E-state index in [1.807, 2.05) is 48.5 Å². The summed E-state index contributed by atoms with van der Waals surface area (Å²) in [5.74, 6) is 0.536. The normalized spacial score (nSPS) is 23.0. The number of nitrogens with two attached hydrogens (primary N) is 1. The molecule has 3 N–H and O–H groups in total. The first-order valence-electron chi connectivity index (χ1n) is 8.71. The van der Waals surface area contributed by atoms with Gasteiger partial charge in [0.25, 0.3) is 0 Å². The van der Waals surface area contributed by atoms with Crippen LogP contribution in [0.25, 0.3) is 0 Å². The molecular weight excluding hydrogens is 351 g/mol. The van der Waals surface area contributed by atoms with Gasteiger partial charge in [0.2, 0.25) is 0 Å². The van der Waals surface area contributed by atoms with Crippen molar-refractivity contribution in [2.75, 3.05) is 6.54 Å². The highest BCUT2D eigenvalue weighted by atomic mass is 35.5. The van der Waals surface area contributed by atoms with Crippen LogP contribution in [-0.2, 0) is 0 Å². The van der Waals surface area contributed by atoms with Gasteiger partial charge in [0, 0.05) is 28.7 Å². The standard InChI is InChI=1S/C15H23ClN2.C6H5Cl/c1-15(2,3)8-11-9-18-14(13(11)17)10-5-4-6-12(16)7-10;7-6-4-2-1-3-5-6/h4-7,11,13-14,18H,8-9,17H2,1-3H3;1-5H. The van der Waals surface area contributed by atoms with Crippen molar-refractivity contribution in [3.63, 3.8) is 0 Å². The minimum atomic E-state index is 0.169.